The van der Waals surface area contributed by atoms with E-state index >= 15 is 0 Å². The summed E-state index contributed by atoms with van der Waals surface area (Å²) in [4.78, 5) is 3.71. The monoisotopic (exact) mass is 254 g/mol. The van der Waals surface area contributed by atoms with Crippen LogP contribution in [0.25, 0.3) is 0 Å². The molecule has 0 saturated heterocycles. The molecule has 2 nitrogen and oxygen atoms in total. The molecule has 1 unspecified atom stereocenters. The summed E-state index contributed by atoms with van der Waals surface area (Å²) in [5.41, 5.74) is 0.185. The molecule has 0 aliphatic heterocycles. The minimum Gasteiger partial charge on any atom is -0.307 e. The standard InChI is InChI=1S/C14H26N2S/c1-11(2)13(12-8-7-9-17-12)15-10-14(3,4)16(5)6/h7-9,11,13,15H,10H2,1-6H3. The number of nitrogens with one attached hydrogen (secondary N) is 1. The Bertz CT molecular complexity index is 315. The van der Waals surface area contributed by atoms with Gasteiger partial charge in [-0.3, -0.25) is 0 Å². The van der Waals surface area contributed by atoms with Crippen LogP contribution in [0.3, 0.4) is 0 Å². The highest BCUT2D eigenvalue weighted by atomic mass is 32.1. The average molecular weight is 254 g/mol. The van der Waals surface area contributed by atoms with E-state index in [2.05, 4.69) is 69.5 Å². The molecule has 0 bridgehead atoms. The van der Waals surface area contributed by atoms with Crippen molar-refractivity contribution in [2.24, 2.45) is 5.92 Å². The van der Waals surface area contributed by atoms with Gasteiger partial charge in [-0.25, -0.2) is 0 Å². The van der Waals surface area contributed by atoms with E-state index in [4.69, 9.17) is 0 Å². The van der Waals surface area contributed by atoms with Crippen LogP contribution in [0.15, 0.2) is 17.5 Å². The molecule has 1 atom stereocenters. The first-order valence-electron chi connectivity index (χ1n) is 6.29. The molecule has 0 aliphatic carbocycles. The first-order valence-corrected chi connectivity index (χ1v) is 7.17. The molecule has 17 heavy (non-hydrogen) atoms. The predicted octanol–water partition coefficient (Wildman–Crippen LogP) is 3.38. The zero-order valence-corrected chi connectivity index (χ0v) is 12.8. The van der Waals surface area contributed by atoms with E-state index in [0.717, 1.165) is 6.54 Å². The fraction of sp³-hybridized carbons (Fsp3) is 0.714. The number of nitrogens with zero attached hydrogens (tertiary/aromatic N) is 1. The van der Waals surface area contributed by atoms with Gasteiger partial charge in [0.2, 0.25) is 0 Å². The third-order valence-corrected chi connectivity index (χ3v) is 4.44. The summed E-state index contributed by atoms with van der Waals surface area (Å²) in [7, 11) is 4.27. The van der Waals surface area contributed by atoms with Gasteiger partial charge in [0.1, 0.15) is 0 Å². The van der Waals surface area contributed by atoms with Crippen LogP contribution in [0.2, 0.25) is 0 Å². The van der Waals surface area contributed by atoms with E-state index in [1.165, 1.54) is 4.88 Å². The Labute approximate surface area is 110 Å². The molecule has 0 aliphatic rings. The van der Waals surface area contributed by atoms with Gasteiger partial charge in [0.25, 0.3) is 0 Å². The highest BCUT2D eigenvalue weighted by molar-refractivity contribution is 7.10. The zero-order chi connectivity index (χ0) is 13.1. The van der Waals surface area contributed by atoms with Gasteiger partial charge in [-0.2, -0.15) is 0 Å². The summed E-state index contributed by atoms with van der Waals surface area (Å²) >= 11 is 1.84. The molecule has 1 aromatic heterocycles. The molecule has 0 fully saturated rings. The van der Waals surface area contributed by atoms with E-state index < -0.39 is 0 Å². The molecule has 98 valence electrons. The van der Waals surface area contributed by atoms with Crippen LogP contribution < -0.4 is 5.32 Å². The molecule has 0 radical (unpaired) electrons. The van der Waals surface area contributed by atoms with Gasteiger partial charge < -0.3 is 10.2 Å². The lowest BCUT2D eigenvalue weighted by Gasteiger charge is -2.35. The molecule has 1 rings (SSSR count). The predicted molar refractivity (Wildman–Crippen MR) is 77.7 cm³/mol. The van der Waals surface area contributed by atoms with Crippen molar-refractivity contribution >= 4 is 11.3 Å². The SMILES string of the molecule is CC(C)C(NCC(C)(C)N(C)C)c1cccs1. The molecule has 0 spiro atoms. The summed E-state index contributed by atoms with van der Waals surface area (Å²) in [6.07, 6.45) is 0. The van der Waals surface area contributed by atoms with Crippen LogP contribution in [0.4, 0.5) is 0 Å². The van der Waals surface area contributed by atoms with Crippen molar-refractivity contribution in [3.05, 3.63) is 22.4 Å². The topological polar surface area (TPSA) is 15.3 Å². The second-order valence-corrected chi connectivity index (χ2v) is 6.80. The summed E-state index contributed by atoms with van der Waals surface area (Å²) in [6.45, 7) is 10.1. The van der Waals surface area contributed by atoms with Crippen molar-refractivity contribution < 1.29 is 0 Å². The van der Waals surface area contributed by atoms with Crippen molar-refractivity contribution in [3.8, 4) is 0 Å². The highest BCUT2D eigenvalue weighted by Crippen LogP contribution is 2.26. The molecule has 0 aromatic carbocycles. The van der Waals surface area contributed by atoms with Gasteiger partial charge in [0.15, 0.2) is 0 Å². The molecule has 0 amide bonds. The van der Waals surface area contributed by atoms with Crippen molar-refractivity contribution in [1.29, 1.82) is 0 Å². The summed E-state index contributed by atoms with van der Waals surface area (Å²) in [5.74, 6) is 0.617. The maximum Gasteiger partial charge on any atom is 0.0438 e. The van der Waals surface area contributed by atoms with Gasteiger partial charge >= 0.3 is 0 Å². The average Bonchev–Trinajstić information content (AvgIpc) is 2.70. The lowest BCUT2D eigenvalue weighted by molar-refractivity contribution is 0.179. The fourth-order valence-corrected chi connectivity index (χ4v) is 2.62. The van der Waals surface area contributed by atoms with Gasteiger partial charge in [-0.1, -0.05) is 19.9 Å². The molecule has 3 heteroatoms. The quantitative estimate of drug-likeness (QED) is 0.837. The van der Waals surface area contributed by atoms with Crippen LogP contribution in [-0.2, 0) is 0 Å². The largest absolute Gasteiger partial charge is 0.307 e. The Morgan fingerprint density at radius 2 is 2.00 bits per heavy atom. The van der Waals surface area contributed by atoms with Crippen LogP contribution in [0, 0.1) is 5.92 Å². The molecule has 1 aromatic rings. The molecule has 1 heterocycles. The van der Waals surface area contributed by atoms with Crippen LogP contribution in [-0.4, -0.2) is 31.1 Å². The number of rotatable bonds is 6. The van der Waals surface area contributed by atoms with Gasteiger partial charge in [0.05, 0.1) is 0 Å². The Morgan fingerprint density at radius 3 is 2.41 bits per heavy atom. The fourth-order valence-electron chi connectivity index (χ4n) is 1.65. The second kappa shape index (κ2) is 5.98. The van der Waals surface area contributed by atoms with Crippen molar-refractivity contribution in [2.45, 2.75) is 39.3 Å². The van der Waals surface area contributed by atoms with E-state index in [0.29, 0.717) is 12.0 Å². The summed E-state index contributed by atoms with van der Waals surface area (Å²) < 4.78 is 0. The van der Waals surface area contributed by atoms with Crippen molar-refractivity contribution in [3.63, 3.8) is 0 Å². The number of thiophene rings is 1. The number of hydrogen-bond donors (Lipinski definition) is 1. The minimum absolute atomic E-state index is 0.185. The van der Waals surface area contributed by atoms with E-state index in [-0.39, 0.29) is 5.54 Å². The highest BCUT2D eigenvalue weighted by Gasteiger charge is 2.24. The molecular weight excluding hydrogens is 228 g/mol. The third kappa shape index (κ3) is 4.09. The summed E-state index contributed by atoms with van der Waals surface area (Å²) in [5, 5.41) is 5.87. The normalized spacial score (nSPS) is 14.6. The molecular formula is C14H26N2S. The maximum atomic E-state index is 3.71. The maximum absolute atomic E-state index is 3.71. The first kappa shape index (κ1) is 14.7. The Hall–Kier alpha value is -0.380. The number of hydrogen-bond acceptors (Lipinski definition) is 3. The van der Waals surface area contributed by atoms with Gasteiger partial charge in [-0.15, -0.1) is 11.3 Å². The van der Waals surface area contributed by atoms with Gasteiger partial charge in [-0.05, 0) is 45.3 Å². The Kier molecular flexibility index (Phi) is 5.17. The molecule has 0 saturated carbocycles. The van der Waals surface area contributed by atoms with Crippen LogP contribution >= 0.6 is 11.3 Å². The lowest BCUT2D eigenvalue weighted by atomic mass is 9.99. The Balaban J connectivity index is 2.64. The summed E-state index contributed by atoms with van der Waals surface area (Å²) in [6, 6.07) is 4.83. The van der Waals surface area contributed by atoms with E-state index in [1.807, 2.05) is 11.3 Å². The third-order valence-electron chi connectivity index (χ3n) is 3.48. The van der Waals surface area contributed by atoms with E-state index in [1.54, 1.807) is 0 Å². The molecule has 1 N–H and O–H groups in total. The lowest BCUT2D eigenvalue weighted by Crippen LogP contribution is -2.48. The minimum atomic E-state index is 0.185. The van der Waals surface area contributed by atoms with Gasteiger partial charge in [0, 0.05) is 23.0 Å². The second-order valence-electron chi connectivity index (χ2n) is 5.82. The van der Waals surface area contributed by atoms with Crippen molar-refractivity contribution in [2.75, 3.05) is 20.6 Å². The van der Waals surface area contributed by atoms with E-state index in [9.17, 15) is 0 Å². The smallest absolute Gasteiger partial charge is 0.0438 e. The first-order chi connectivity index (χ1) is 7.84. The Morgan fingerprint density at radius 1 is 1.35 bits per heavy atom. The van der Waals surface area contributed by atoms with Crippen molar-refractivity contribution in [1.82, 2.24) is 10.2 Å². The number of likely N-dealkylation sites (N-methyl/N-ethyl adjacent to an activating group) is 1. The van der Waals surface area contributed by atoms with Crippen LogP contribution in [0.1, 0.15) is 38.6 Å². The zero-order valence-electron chi connectivity index (χ0n) is 11.9. The van der Waals surface area contributed by atoms with Crippen LogP contribution in [0.5, 0.6) is 0 Å².